The van der Waals surface area contributed by atoms with Gasteiger partial charge in [0.1, 0.15) is 0 Å². The van der Waals surface area contributed by atoms with Crippen LogP contribution >= 0.6 is 11.4 Å². The van der Waals surface area contributed by atoms with E-state index in [2.05, 4.69) is 59.8 Å². The second kappa shape index (κ2) is 37.9. The fourth-order valence-corrected chi connectivity index (χ4v) is 8.67. The van der Waals surface area contributed by atoms with E-state index in [1.807, 2.05) is 55.4 Å². The van der Waals surface area contributed by atoms with Gasteiger partial charge in [0.2, 0.25) is 0 Å². The molecule has 16 nitrogen and oxygen atoms in total. The molecule has 0 bridgehead atoms. The van der Waals surface area contributed by atoms with Crippen molar-refractivity contribution in [3.63, 3.8) is 0 Å². The number of rotatable bonds is 8. The molecule has 0 aromatic carbocycles. The third kappa shape index (κ3) is 49.6. The summed E-state index contributed by atoms with van der Waals surface area (Å²) in [6.45, 7) is 15.2. The molecule has 6 rings (SSSR count). The monoisotopic (exact) mass is 892 g/mol. The first kappa shape index (κ1) is 54.9. The number of hydrogen-bond acceptors (Lipinski definition) is 14. The molecule has 23 heteroatoms. The maximum absolute atomic E-state index is 5.27. The zero-order chi connectivity index (χ0) is 39.4. The molecular formula is C30H52N12NiO4P2S4. The van der Waals surface area contributed by atoms with Gasteiger partial charge in [-0.15, -0.1) is 0 Å². The van der Waals surface area contributed by atoms with Gasteiger partial charge in [0.25, 0.3) is 0 Å². The van der Waals surface area contributed by atoms with Crippen molar-refractivity contribution in [1.82, 2.24) is 59.8 Å². The van der Waals surface area contributed by atoms with Crippen LogP contribution in [0.2, 0.25) is 0 Å². The minimum atomic E-state index is -2.39. The molecule has 0 aliphatic carbocycles. The van der Waals surface area contributed by atoms with Gasteiger partial charge in [0.05, 0.1) is 73.8 Å². The SMILES string of the molecule is CC(C)OP(=S)([S-])OC(C)C.CC(C)OP(=S)([S-])OC(C)C.[Ni+2].c1c[nH]cn1.c1c[nH]cn1.c1c[nH]cn1.c1c[nH]cn1.c1c[nH]cn1.c1c[nH]cn1. The molecule has 6 N–H and O–H groups in total. The van der Waals surface area contributed by atoms with E-state index < -0.39 is 11.4 Å². The van der Waals surface area contributed by atoms with Crippen molar-refractivity contribution in [2.45, 2.75) is 79.8 Å². The molecule has 0 unspecified atom stereocenters. The van der Waals surface area contributed by atoms with Crippen molar-refractivity contribution in [2.24, 2.45) is 0 Å². The fraction of sp³-hybridized carbons (Fsp3) is 0.400. The van der Waals surface area contributed by atoms with Crippen LogP contribution < -0.4 is 0 Å². The van der Waals surface area contributed by atoms with E-state index in [0.29, 0.717) is 0 Å². The van der Waals surface area contributed by atoms with Gasteiger partial charge in [-0.1, -0.05) is 23.6 Å². The molecule has 0 amide bonds. The van der Waals surface area contributed by atoms with E-state index in [0.717, 1.165) is 0 Å². The average Bonchev–Trinajstić information content (AvgIpc) is 3.92. The summed E-state index contributed by atoms with van der Waals surface area (Å²) in [5.74, 6) is 0. The minimum absolute atomic E-state index is 0. The smallest absolute Gasteiger partial charge is 0.691 e. The Hall–Kier alpha value is -2.41. The van der Waals surface area contributed by atoms with E-state index in [-0.39, 0.29) is 40.9 Å². The van der Waals surface area contributed by atoms with Crippen LogP contribution in [0.25, 0.3) is 0 Å². The topological polar surface area (TPSA) is 209 Å². The van der Waals surface area contributed by atoms with Gasteiger partial charge in [-0.2, -0.15) is 0 Å². The number of H-pyrrole nitrogens is 6. The Morgan fingerprint density at radius 2 is 0.547 bits per heavy atom. The van der Waals surface area contributed by atoms with Crippen molar-refractivity contribution in [2.75, 3.05) is 0 Å². The Bertz CT molecular complexity index is 1130. The van der Waals surface area contributed by atoms with Crippen LogP contribution in [0.5, 0.6) is 0 Å². The summed E-state index contributed by atoms with van der Waals surface area (Å²) in [7, 11) is 0. The molecule has 0 saturated carbocycles. The van der Waals surface area contributed by atoms with Crippen LogP contribution in [-0.2, 0) is 82.7 Å². The molecule has 53 heavy (non-hydrogen) atoms. The summed E-state index contributed by atoms with van der Waals surface area (Å²) in [5.41, 5.74) is -4.78. The van der Waals surface area contributed by atoms with Crippen LogP contribution in [0.4, 0.5) is 0 Å². The number of aromatic nitrogens is 12. The van der Waals surface area contributed by atoms with Crippen molar-refractivity contribution in [3.8, 4) is 0 Å². The summed E-state index contributed by atoms with van der Waals surface area (Å²) in [6.07, 6.45) is 30.7. The minimum Gasteiger partial charge on any atom is -0.691 e. The van der Waals surface area contributed by atoms with Crippen molar-refractivity contribution in [3.05, 3.63) is 112 Å². The summed E-state index contributed by atoms with van der Waals surface area (Å²) in [4.78, 5) is 38.5. The average molecular weight is 894 g/mol. The molecule has 0 spiro atoms. The van der Waals surface area contributed by atoms with E-state index >= 15 is 0 Å². The van der Waals surface area contributed by atoms with Gasteiger partial charge < -0.3 is 72.5 Å². The molecule has 300 valence electrons. The third-order valence-electron chi connectivity index (χ3n) is 3.80. The van der Waals surface area contributed by atoms with Gasteiger partial charge in [-0.3, -0.25) is 0 Å². The maximum Gasteiger partial charge on any atom is 2.00 e. The normalized spacial score (nSPS) is 9.92. The zero-order valence-corrected chi connectivity index (χ0v) is 36.9. The Kier molecular flexibility index (Phi) is 39.3. The number of nitrogens with one attached hydrogen (secondary N) is 6. The Morgan fingerprint density at radius 3 is 0.604 bits per heavy atom. The maximum atomic E-state index is 5.27. The van der Waals surface area contributed by atoms with E-state index in [1.54, 1.807) is 112 Å². The predicted octanol–water partition coefficient (Wildman–Crippen LogP) is 7.67. The number of hydrogen-bond donors (Lipinski definition) is 6. The van der Waals surface area contributed by atoms with Gasteiger partial charge in [-0.25, -0.2) is 29.9 Å². The first-order valence-corrected chi connectivity index (χ1v) is 22.9. The molecule has 6 aromatic rings. The molecule has 0 aliphatic rings. The Labute approximate surface area is 344 Å². The van der Waals surface area contributed by atoms with E-state index in [4.69, 9.17) is 66.2 Å². The standard InChI is InChI=1S/2C6H15O2PS2.6C3H4N2.Ni/c2*1-5(2)7-9(10,11)8-6(3)4;6*1-2-5-3-4-1;/h2*5-6H,1-4H3,(H,10,11);6*1-3H,(H,4,5);/q;;;;;;;;+2/p-2. The van der Waals surface area contributed by atoms with Crippen LogP contribution in [0.15, 0.2) is 112 Å². The second-order valence-electron chi connectivity index (χ2n) is 10.1. The molecule has 0 radical (unpaired) electrons. The Balaban J connectivity index is -0.000000551. The van der Waals surface area contributed by atoms with Gasteiger partial charge in [0.15, 0.2) is 0 Å². The van der Waals surface area contributed by atoms with Crippen LogP contribution in [0, 0.1) is 0 Å². The Morgan fingerprint density at radius 1 is 0.396 bits per heavy atom. The third-order valence-corrected chi connectivity index (χ3v) is 8.58. The number of imidazole rings is 6. The van der Waals surface area contributed by atoms with Crippen molar-refractivity contribution in [1.29, 1.82) is 0 Å². The first-order chi connectivity index (χ1) is 24.7. The summed E-state index contributed by atoms with van der Waals surface area (Å²) < 4.78 is 21.1. The van der Waals surface area contributed by atoms with Gasteiger partial charge in [0, 0.05) is 74.4 Å². The molecule has 0 aliphatic heterocycles. The van der Waals surface area contributed by atoms with E-state index in [1.165, 1.54) is 0 Å². The van der Waals surface area contributed by atoms with Crippen LogP contribution in [-0.4, -0.2) is 84.2 Å². The fourth-order valence-electron chi connectivity index (χ4n) is 2.37. The van der Waals surface area contributed by atoms with Crippen LogP contribution in [0.1, 0.15) is 55.4 Å². The molecule has 0 fully saturated rings. The summed E-state index contributed by atoms with van der Waals surface area (Å²) in [6, 6.07) is 0. The number of nitrogens with zero attached hydrogens (tertiary/aromatic N) is 6. The van der Waals surface area contributed by atoms with E-state index in [9.17, 15) is 0 Å². The molecular weight excluding hydrogens is 841 g/mol. The van der Waals surface area contributed by atoms with Gasteiger partial charge >= 0.3 is 16.5 Å². The predicted molar refractivity (Wildman–Crippen MR) is 220 cm³/mol. The van der Waals surface area contributed by atoms with Crippen LogP contribution in [0.3, 0.4) is 0 Å². The number of aromatic amines is 6. The largest absolute Gasteiger partial charge is 2.00 e. The first-order valence-electron chi connectivity index (χ1n) is 15.6. The zero-order valence-electron chi connectivity index (χ0n) is 30.9. The molecule has 0 atom stereocenters. The van der Waals surface area contributed by atoms with Crippen molar-refractivity contribution < 1.29 is 34.6 Å². The second-order valence-corrected chi connectivity index (χ2v) is 19.9. The quantitative estimate of drug-likeness (QED) is 0.0493. The van der Waals surface area contributed by atoms with Crippen molar-refractivity contribution >= 4 is 59.5 Å². The van der Waals surface area contributed by atoms with Gasteiger partial charge in [-0.05, 0) is 55.4 Å². The summed E-state index contributed by atoms with van der Waals surface area (Å²) in [5, 5.41) is 0. The molecule has 6 aromatic heterocycles. The molecule has 0 saturated heterocycles. The molecule has 6 heterocycles. The summed E-state index contributed by atoms with van der Waals surface area (Å²) >= 11 is 19.9.